The minimum atomic E-state index is -1.13. The monoisotopic (exact) mass is 214 g/mol. The topological polar surface area (TPSA) is 46.5 Å². The highest BCUT2D eigenvalue weighted by molar-refractivity contribution is 5.57. The average Bonchev–Trinajstić information content (AvgIpc) is 2.18. The van der Waals surface area contributed by atoms with Gasteiger partial charge in [-0.15, -0.1) is 0 Å². The Morgan fingerprint density at radius 2 is 2.00 bits per heavy atom. The average molecular weight is 214 g/mol. The highest BCUT2D eigenvalue weighted by atomic mass is 16.7. The van der Waals surface area contributed by atoms with Crippen LogP contribution in [-0.2, 0) is 4.74 Å². The normalized spacial score (nSPS) is 41.2. The molecule has 0 aromatic carbocycles. The highest BCUT2D eigenvalue weighted by Crippen LogP contribution is 2.45. The van der Waals surface area contributed by atoms with Crippen molar-refractivity contribution in [2.45, 2.75) is 52.6 Å². The van der Waals surface area contributed by atoms with E-state index in [2.05, 4.69) is 20.8 Å². The van der Waals surface area contributed by atoms with Gasteiger partial charge in [-0.2, -0.15) is 0 Å². The predicted octanol–water partition coefficient (Wildman–Crippen LogP) is 3.53. The zero-order valence-electron chi connectivity index (χ0n) is 10.1. The number of carboxylic acid groups (broad SMARTS) is 1. The van der Waals surface area contributed by atoms with Crippen molar-refractivity contribution in [1.29, 1.82) is 0 Å². The van der Waals surface area contributed by atoms with Gasteiger partial charge in [-0.05, 0) is 37.0 Å². The van der Waals surface area contributed by atoms with Gasteiger partial charge < -0.3 is 9.84 Å². The van der Waals surface area contributed by atoms with Gasteiger partial charge >= 0.3 is 6.16 Å². The molecule has 15 heavy (non-hydrogen) atoms. The fourth-order valence-electron chi connectivity index (χ4n) is 3.04. The van der Waals surface area contributed by atoms with Crippen molar-refractivity contribution < 1.29 is 14.6 Å². The third-order valence-corrected chi connectivity index (χ3v) is 4.34. The molecule has 1 N–H and O–H groups in total. The van der Waals surface area contributed by atoms with Crippen LogP contribution in [0.2, 0.25) is 0 Å². The number of hydrogen-bond acceptors (Lipinski definition) is 2. The predicted molar refractivity (Wildman–Crippen MR) is 58.9 cm³/mol. The second-order valence-electron chi connectivity index (χ2n) is 4.92. The van der Waals surface area contributed by atoms with Crippen LogP contribution in [0.1, 0.15) is 47.0 Å². The summed E-state index contributed by atoms with van der Waals surface area (Å²) in [5, 5.41) is 8.86. The second-order valence-corrected chi connectivity index (χ2v) is 4.92. The standard InChI is InChI=1S/C12H22O3/c1-5-12(15-11(13)14)9(3)7-6-8(2)10(12)4/h8-10H,5-7H2,1-4H3,(H,13,14). The summed E-state index contributed by atoms with van der Waals surface area (Å²) < 4.78 is 5.24. The summed E-state index contributed by atoms with van der Waals surface area (Å²) in [5.74, 6) is 1.17. The zero-order valence-corrected chi connectivity index (χ0v) is 10.1. The molecule has 1 fully saturated rings. The third-order valence-electron chi connectivity index (χ3n) is 4.34. The minimum absolute atomic E-state index is 0.308. The van der Waals surface area contributed by atoms with Crippen LogP contribution >= 0.6 is 0 Å². The molecule has 0 aromatic heterocycles. The fourth-order valence-corrected chi connectivity index (χ4v) is 3.04. The molecule has 3 heteroatoms. The molecular weight excluding hydrogens is 192 g/mol. The molecule has 0 heterocycles. The molecule has 1 rings (SSSR count). The van der Waals surface area contributed by atoms with E-state index < -0.39 is 11.8 Å². The summed E-state index contributed by atoms with van der Waals surface area (Å²) in [7, 11) is 0. The van der Waals surface area contributed by atoms with E-state index in [1.807, 2.05) is 6.92 Å². The Labute approximate surface area is 91.8 Å². The summed E-state index contributed by atoms with van der Waals surface area (Å²) in [6, 6.07) is 0. The van der Waals surface area contributed by atoms with Crippen molar-refractivity contribution in [2.24, 2.45) is 17.8 Å². The Morgan fingerprint density at radius 3 is 2.47 bits per heavy atom. The van der Waals surface area contributed by atoms with Gasteiger partial charge in [0.05, 0.1) is 0 Å². The molecule has 1 aliphatic carbocycles. The third kappa shape index (κ3) is 2.11. The lowest BCUT2D eigenvalue weighted by molar-refractivity contribution is -0.123. The summed E-state index contributed by atoms with van der Waals surface area (Å²) in [6.45, 7) is 8.43. The summed E-state index contributed by atoms with van der Waals surface area (Å²) in [5.41, 5.74) is -0.469. The van der Waals surface area contributed by atoms with Crippen molar-refractivity contribution in [2.75, 3.05) is 0 Å². The fraction of sp³-hybridized carbons (Fsp3) is 0.917. The van der Waals surface area contributed by atoms with Crippen LogP contribution < -0.4 is 0 Å². The minimum Gasteiger partial charge on any atom is -0.450 e. The maximum atomic E-state index is 10.8. The molecule has 0 aliphatic heterocycles. The van der Waals surface area contributed by atoms with E-state index in [-0.39, 0.29) is 0 Å². The summed E-state index contributed by atoms with van der Waals surface area (Å²) >= 11 is 0. The van der Waals surface area contributed by atoms with E-state index >= 15 is 0 Å². The van der Waals surface area contributed by atoms with Crippen molar-refractivity contribution >= 4 is 6.16 Å². The van der Waals surface area contributed by atoms with Gasteiger partial charge in [0.25, 0.3) is 0 Å². The first kappa shape index (κ1) is 12.3. The van der Waals surface area contributed by atoms with Crippen LogP contribution in [0.4, 0.5) is 4.79 Å². The van der Waals surface area contributed by atoms with Gasteiger partial charge in [-0.25, -0.2) is 4.79 Å². The van der Waals surface area contributed by atoms with Crippen LogP contribution in [0.3, 0.4) is 0 Å². The maximum Gasteiger partial charge on any atom is 0.506 e. The molecule has 4 unspecified atom stereocenters. The smallest absolute Gasteiger partial charge is 0.450 e. The number of ether oxygens (including phenoxy) is 1. The first-order valence-corrected chi connectivity index (χ1v) is 5.86. The maximum absolute atomic E-state index is 10.8. The van der Waals surface area contributed by atoms with Gasteiger partial charge in [-0.1, -0.05) is 27.7 Å². The second kappa shape index (κ2) is 4.42. The SMILES string of the molecule is CCC1(OC(=O)O)C(C)CCC(C)C1C. The molecule has 0 saturated heterocycles. The quantitative estimate of drug-likeness (QED) is 0.715. The number of rotatable bonds is 2. The lowest BCUT2D eigenvalue weighted by Crippen LogP contribution is -2.51. The van der Waals surface area contributed by atoms with Crippen molar-refractivity contribution in [3.63, 3.8) is 0 Å². The molecule has 0 aromatic rings. The molecule has 1 aliphatic rings. The van der Waals surface area contributed by atoms with Crippen LogP contribution in [0.25, 0.3) is 0 Å². The van der Waals surface area contributed by atoms with Crippen LogP contribution in [0.15, 0.2) is 0 Å². The van der Waals surface area contributed by atoms with E-state index in [1.54, 1.807) is 0 Å². The van der Waals surface area contributed by atoms with E-state index in [4.69, 9.17) is 9.84 Å². The molecule has 0 spiro atoms. The Hall–Kier alpha value is -0.730. The van der Waals surface area contributed by atoms with Gasteiger partial charge in [0.15, 0.2) is 0 Å². The molecular formula is C12H22O3. The van der Waals surface area contributed by atoms with E-state index in [0.29, 0.717) is 17.8 Å². The Kier molecular flexibility index (Phi) is 3.63. The number of hydrogen-bond donors (Lipinski definition) is 1. The highest BCUT2D eigenvalue weighted by Gasteiger charge is 2.48. The molecule has 0 amide bonds. The van der Waals surface area contributed by atoms with Crippen molar-refractivity contribution in [3.05, 3.63) is 0 Å². The van der Waals surface area contributed by atoms with Crippen LogP contribution in [0.5, 0.6) is 0 Å². The van der Waals surface area contributed by atoms with Crippen molar-refractivity contribution in [3.8, 4) is 0 Å². The van der Waals surface area contributed by atoms with Crippen LogP contribution in [-0.4, -0.2) is 16.9 Å². The molecule has 0 radical (unpaired) electrons. The van der Waals surface area contributed by atoms with E-state index in [1.165, 1.54) is 6.42 Å². The summed E-state index contributed by atoms with van der Waals surface area (Å²) in [6.07, 6.45) is 1.87. The largest absolute Gasteiger partial charge is 0.506 e. The van der Waals surface area contributed by atoms with Gasteiger partial charge in [0, 0.05) is 0 Å². The summed E-state index contributed by atoms with van der Waals surface area (Å²) in [4.78, 5) is 10.8. The molecule has 88 valence electrons. The van der Waals surface area contributed by atoms with Crippen molar-refractivity contribution in [1.82, 2.24) is 0 Å². The van der Waals surface area contributed by atoms with E-state index in [9.17, 15) is 4.79 Å². The molecule has 4 atom stereocenters. The molecule has 3 nitrogen and oxygen atoms in total. The van der Waals surface area contributed by atoms with Gasteiger partial charge in [0.1, 0.15) is 5.60 Å². The Balaban J connectivity index is 2.94. The van der Waals surface area contributed by atoms with E-state index in [0.717, 1.165) is 12.8 Å². The van der Waals surface area contributed by atoms with Crippen LogP contribution in [0, 0.1) is 17.8 Å². The first-order chi connectivity index (χ1) is 6.94. The van der Waals surface area contributed by atoms with Gasteiger partial charge in [-0.3, -0.25) is 0 Å². The lowest BCUT2D eigenvalue weighted by Gasteiger charge is -2.48. The molecule has 0 bridgehead atoms. The Morgan fingerprint density at radius 1 is 1.40 bits per heavy atom. The number of carbonyl (C=O) groups is 1. The van der Waals surface area contributed by atoms with Gasteiger partial charge in [0.2, 0.25) is 0 Å². The first-order valence-electron chi connectivity index (χ1n) is 5.86. The molecule has 1 saturated carbocycles. The zero-order chi connectivity index (χ0) is 11.6. The lowest BCUT2D eigenvalue weighted by atomic mass is 9.64. The Bertz CT molecular complexity index is 239.